The first-order chi connectivity index (χ1) is 7.85. The van der Waals surface area contributed by atoms with E-state index in [2.05, 4.69) is 4.90 Å². The number of carbonyl (C=O) groups excluding carboxylic acids is 1. The molecule has 1 heterocycles. The zero-order chi connectivity index (χ0) is 13.1. The lowest BCUT2D eigenvalue weighted by Gasteiger charge is -2.27. The lowest BCUT2D eigenvalue weighted by molar-refractivity contribution is -0.157. The molecular formula is C12H22N2O3. The van der Waals surface area contributed by atoms with Crippen LogP contribution in [0, 0.1) is 5.41 Å². The Morgan fingerprint density at radius 3 is 2.29 bits per heavy atom. The summed E-state index contributed by atoms with van der Waals surface area (Å²) in [5.41, 5.74) is -1.33. The highest BCUT2D eigenvalue weighted by molar-refractivity contribution is 6.00. The van der Waals surface area contributed by atoms with Crippen molar-refractivity contribution in [1.29, 1.82) is 0 Å². The Morgan fingerprint density at radius 2 is 1.82 bits per heavy atom. The maximum Gasteiger partial charge on any atom is 0.318 e. The average Bonchev–Trinajstić information content (AvgIpc) is 2.77. The molecule has 0 saturated carbocycles. The van der Waals surface area contributed by atoms with Gasteiger partial charge in [-0.05, 0) is 39.8 Å². The molecule has 98 valence electrons. The smallest absolute Gasteiger partial charge is 0.318 e. The number of aliphatic carboxylic acids is 1. The van der Waals surface area contributed by atoms with E-state index < -0.39 is 11.4 Å². The second-order valence-corrected chi connectivity index (χ2v) is 5.21. The van der Waals surface area contributed by atoms with Gasteiger partial charge in [-0.2, -0.15) is 0 Å². The van der Waals surface area contributed by atoms with Gasteiger partial charge in [0.1, 0.15) is 5.41 Å². The van der Waals surface area contributed by atoms with E-state index in [0.29, 0.717) is 6.54 Å². The number of rotatable bonds is 5. The predicted octanol–water partition coefficient (Wildman–Crippen LogP) is 0.651. The Balaban J connectivity index is 2.43. The third kappa shape index (κ3) is 3.43. The van der Waals surface area contributed by atoms with Gasteiger partial charge in [0, 0.05) is 20.1 Å². The molecule has 0 unspecified atom stereocenters. The predicted molar refractivity (Wildman–Crippen MR) is 64.7 cm³/mol. The van der Waals surface area contributed by atoms with Crippen LogP contribution in [0.25, 0.3) is 0 Å². The van der Waals surface area contributed by atoms with Gasteiger partial charge in [-0.15, -0.1) is 0 Å². The molecular weight excluding hydrogens is 220 g/mol. The molecule has 1 saturated heterocycles. The molecule has 0 aromatic rings. The van der Waals surface area contributed by atoms with Gasteiger partial charge in [0.05, 0.1) is 0 Å². The third-order valence-corrected chi connectivity index (χ3v) is 3.37. The Labute approximate surface area is 102 Å². The van der Waals surface area contributed by atoms with E-state index in [4.69, 9.17) is 5.11 Å². The maximum atomic E-state index is 11.9. The average molecular weight is 242 g/mol. The lowest BCUT2D eigenvalue weighted by Crippen LogP contribution is -2.45. The van der Waals surface area contributed by atoms with Crippen LogP contribution in [0.4, 0.5) is 0 Å². The highest BCUT2D eigenvalue weighted by Crippen LogP contribution is 2.18. The van der Waals surface area contributed by atoms with Crippen molar-refractivity contribution < 1.29 is 14.7 Å². The molecule has 1 aliphatic heterocycles. The van der Waals surface area contributed by atoms with Crippen molar-refractivity contribution >= 4 is 11.9 Å². The number of hydrogen-bond acceptors (Lipinski definition) is 3. The van der Waals surface area contributed by atoms with E-state index in [-0.39, 0.29) is 5.91 Å². The van der Waals surface area contributed by atoms with Gasteiger partial charge in [0.15, 0.2) is 0 Å². The fourth-order valence-electron chi connectivity index (χ4n) is 1.97. The first kappa shape index (κ1) is 14.0. The number of hydrogen-bond donors (Lipinski definition) is 1. The molecule has 0 radical (unpaired) electrons. The first-order valence-electron chi connectivity index (χ1n) is 6.07. The Hall–Kier alpha value is -1.10. The molecule has 0 aromatic carbocycles. The number of carbonyl (C=O) groups is 2. The molecule has 5 nitrogen and oxygen atoms in total. The standard InChI is InChI=1S/C12H22N2O3/c1-12(2,11(16)17)10(15)13(3)8-9-14-6-4-5-7-14/h4-9H2,1-3H3,(H,16,17). The quantitative estimate of drug-likeness (QED) is 0.719. The van der Waals surface area contributed by atoms with Crippen molar-refractivity contribution in [2.45, 2.75) is 26.7 Å². The minimum Gasteiger partial charge on any atom is -0.480 e. The summed E-state index contributed by atoms with van der Waals surface area (Å²) in [5, 5.41) is 8.98. The van der Waals surface area contributed by atoms with Gasteiger partial charge in [-0.25, -0.2) is 0 Å². The number of likely N-dealkylation sites (N-methyl/N-ethyl adjacent to an activating group) is 1. The number of carboxylic acids is 1. The first-order valence-corrected chi connectivity index (χ1v) is 6.07. The summed E-state index contributed by atoms with van der Waals surface area (Å²) in [6.07, 6.45) is 2.44. The minimum atomic E-state index is -1.33. The molecule has 0 spiro atoms. The van der Waals surface area contributed by atoms with Gasteiger partial charge in [0.25, 0.3) is 0 Å². The van der Waals surface area contributed by atoms with E-state index in [9.17, 15) is 9.59 Å². The van der Waals surface area contributed by atoms with Crippen molar-refractivity contribution in [3.63, 3.8) is 0 Å². The Morgan fingerprint density at radius 1 is 1.29 bits per heavy atom. The maximum absolute atomic E-state index is 11.9. The summed E-state index contributed by atoms with van der Waals surface area (Å²) in [6, 6.07) is 0. The molecule has 5 heteroatoms. The zero-order valence-corrected chi connectivity index (χ0v) is 10.9. The van der Waals surface area contributed by atoms with Crippen LogP contribution < -0.4 is 0 Å². The largest absolute Gasteiger partial charge is 0.480 e. The molecule has 1 aliphatic rings. The van der Waals surface area contributed by atoms with Crippen molar-refractivity contribution in [3.8, 4) is 0 Å². The van der Waals surface area contributed by atoms with Crippen LogP contribution in [0.2, 0.25) is 0 Å². The van der Waals surface area contributed by atoms with Crippen molar-refractivity contribution in [1.82, 2.24) is 9.80 Å². The van der Waals surface area contributed by atoms with Gasteiger partial charge < -0.3 is 14.9 Å². The number of carboxylic acid groups (broad SMARTS) is 1. The fourth-order valence-corrected chi connectivity index (χ4v) is 1.97. The van der Waals surface area contributed by atoms with Crippen LogP contribution >= 0.6 is 0 Å². The topological polar surface area (TPSA) is 60.9 Å². The van der Waals surface area contributed by atoms with Crippen molar-refractivity contribution in [2.24, 2.45) is 5.41 Å². The Bertz CT molecular complexity index is 296. The van der Waals surface area contributed by atoms with E-state index in [0.717, 1.165) is 19.6 Å². The molecule has 0 aromatic heterocycles. The fraction of sp³-hybridized carbons (Fsp3) is 0.833. The molecule has 0 atom stereocenters. The lowest BCUT2D eigenvalue weighted by atomic mass is 9.92. The SMILES string of the molecule is CN(CCN1CCCC1)C(=O)C(C)(C)C(=O)O. The summed E-state index contributed by atoms with van der Waals surface area (Å²) in [4.78, 5) is 26.7. The molecule has 17 heavy (non-hydrogen) atoms. The van der Waals surface area contributed by atoms with Crippen LogP contribution in [0.1, 0.15) is 26.7 Å². The van der Waals surface area contributed by atoms with Crippen molar-refractivity contribution in [2.75, 3.05) is 33.2 Å². The van der Waals surface area contributed by atoms with Gasteiger partial charge in [-0.1, -0.05) is 0 Å². The number of amides is 1. The van der Waals surface area contributed by atoms with E-state index in [1.165, 1.54) is 31.6 Å². The van der Waals surface area contributed by atoms with Crippen molar-refractivity contribution in [3.05, 3.63) is 0 Å². The number of likely N-dealkylation sites (tertiary alicyclic amines) is 1. The van der Waals surface area contributed by atoms with Gasteiger partial charge in [-0.3, -0.25) is 9.59 Å². The summed E-state index contributed by atoms with van der Waals surface area (Å²) in [6.45, 7) is 6.50. The van der Waals surface area contributed by atoms with E-state index in [1.807, 2.05) is 0 Å². The normalized spacial score (nSPS) is 17.1. The highest BCUT2D eigenvalue weighted by atomic mass is 16.4. The minimum absolute atomic E-state index is 0.329. The molecule has 1 N–H and O–H groups in total. The van der Waals surface area contributed by atoms with E-state index in [1.54, 1.807) is 7.05 Å². The van der Waals surface area contributed by atoms with Crippen LogP contribution in [-0.4, -0.2) is 60.0 Å². The molecule has 0 bridgehead atoms. The van der Waals surface area contributed by atoms with E-state index >= 15 is 0 Å². The molecule has 0 aliphatic carbocycles. The number of nitrogens with zero attached hydrogens (tertiary/aromatic N) is 2. The Kier molecular flexibility index (Phi) is 4.51. The highest BCUT2D eigenvalue weighted by Gasteiger charge is 2.38. The molecule has 1 amide bonds. The zero-order valence-electron chi connectivity index (χ0n) is 10.9. The molecule has 1 rings (SSSR count). The summed E-state index contributed by atoms with van der Waals surface area (Å²) >= 11 is 0. The van der Waals surface area contributed by atoms with Crippen LogP contribution in [0.5, 0.6) is 0 Å². The van der Waals surface area contributed by atoms with Gasteiger partial charge >= 0.3 is 5.97 Å². The second kappa shape index (κ2) is 5.49. The van der Waals surface area contributed by atoms with Crippen LogP contribution in [0.3, 0.4) is 0 Å². The monoisotopic (exact) mass is 242 g/mol. The second-order valence-electron chi connectivity index (χ2n) is 5.21. The summed E-state index contributed by atoms with van der Waals surface area (Å²) in [7, 11) is 1.67. The van der Waals surface area contributed by atoms with Crippen LogP contribution in [-0.2, 0) is 9.59 Å². The summed E-state index contributed by atoms with van der Waals surface area (Å²) < 4.78 is 0. The van der Waals surface area contributed by atoms with Crippen LogP contribution in [0.15, 0.2) is 0 Å². The third-order valence-electron chi connectivity index (χ3n) is 3.37. The summed E-state index contributed by atoms with van der Waals surface area (Å²) in [5.74, 6) is -1.40. The molecule has 1 fully saturated rings. The van der Waals surface area contributed by atoms with Gasteiger partial charge in [0.2, 0.25) is 5.91 Å².